The highest BCUT2D eigenvalue weighted by Gasteiger charge is 2.35. The number of nitrogens with one attached hydrogen (secondary N) is 1. The maximum Gasteiger partial charge on any atom is 0.421 e. The molecule has 0 bridgehead atoms. The summed E-state index contributed by atoms with van der Waals surface area (Å²) >= 11 is 5.45. The molecule has 0 spiro atoms. The molecule has 0 saturated carbocycles. The topological polar surface area (TPSA) is 72.0 Å². The lowest BCUT2D eigenvalue weighted by molar-refractivity contribution is -0.137. The molecule has 11 heteroatoms. The van der Waals surface area contributed by atoms with E-state index in [1.165, 1.54) is 6.07 Å². The van der Waals surface area contributed by atoms with Gasteiger partial charge in [0.25, 0.3) is 0 Å². The van der Waals surface area contributed by atoms with Gasteiger partial charge in [-0.1, -0.05) is 6.07 Å². The van der Waals surface area contributed by atoms with Gasteiger partial charge < -0.3 is 5.32 Å². The van der Waals surface area contributed by atoms with Crippen molar-refractivity contribution in [2.75, 3.05) is 5.32 Å². The van der Waals surface area contributed by atoms with Crippen molar-refractivity contribution in [3.63, 3.8) is 0 Å². The van der Waals surface area contributed by atoms with Gasteiger partial charge in [0, 0.05) is 11.9 Å². The Morgan fingerprint density at radius 3 is 2.50 bits per heavy atom. The minimum Gasteiger partial charge on any atom is -0.340 e. The minimum atomic E-state index is -4.99. The third-order valence-electron chi connectivity index (χ3n) is 2.44. The van der Waals surface area contributed by atoms with Crippen LogP contribution < -0.4 is 5.32 Å². The molecule has 5 nitrogen and oxygen atoms in total. The van der Waals surface area contributed by atoms with Gasteiger partial charge in [0.1, 0.15) is 16.3 Å². The van der Waals surface area contributed by atoms with Gasteiger partial charge in [-0.15, -0.1) is 3.89 Å². The third kappa shape index (κ3) is 3.83. The van der Waals surface area contributed by atoms with Crippen molar-refractivity contribution in [2.45, 2.75) is 11.1 Å². The van der Waals surface area contributed by atoms with E-state index in [1.54, 1.807) is 0 Å². The molecule has 0 aliphatic carbocycles. The summed E-state index contributed by atoms with van der Waals surface area (Å²) in [6.45, 7) is 0. The van der Waals surface area contributed by atoms with Crippen LogP contribution in [0.5, 0.6) is 0 Å². The number of hydrogen-bond acceptors (Lipinski definition) is 5. The quantitative estimate of drug-likeness (QED) is 0.518. The standard InChI is InChI=1S/C11H6ClF4N3O2S/c12-10-17-5-8(11(13,14)15)9(19-10)18-6-2-1-3-7(4-6)22(16,20)21/h1-5H,(H,17,18,19). The summed E-state index contributed by atoms with van der Waals surface area (Å²) in [6, 6.07) is 4.18. The number of halogens is 5. The molecule has 2 rings (SSSR count). The summed E-state index contributed by atoms with van der Waals surface area (Å²) in [7, 11) is -4.99. The molecule has 2 aromatic rings. The molecular formula is C11H6ClF4N3O2S. The molecule has 0 unspecified atom stereocenters. The second-order valence-corrected chi connectivity index (χ2v) is 5.67. The zero-order valence-corrected chi connectivity index (χ0v) is 12.0. The fourth-order valence-corrected chi connectivity index (χ4v) is 2.17. The van der Waals surface area contributed by atoms with Gasteiger partial charge in [-0.05, 0) is 29.8 Å². The van der Waals surface area contributed by atoms with Crippen LogP contribution in [0.2, 0.25) is 5.28 Å². The lowest BCUT2D eigenvalue weighted by Crippen LogP contribution is -2.11. The van der Waals surface area contributed by atoms with Gasteiger partial charge in [-0.3, -0.25) is 0 Å². The SMILES string of the molecule is O=S(=O)(F)c1cccc(Nc2nc(Cl)ncc2C(F)(F)F)c1. The summed E-state index contributed by atoms with van der Waals surface area (Å²) in [6.07, 6.45) is -4.27. The van der Waals surface area contributed by atoms with Crippen LogP contribution in [-0.4, -0.2) is 18.4 Å². The van der Waals surface area contributed by atoms with Gasteiger partial charge in [0.05, 0.1) is 0 Å². The smallest absolute Gasteiger partial charge is 0.340 e. The summed E-state index contributed by atoms with van der Waals surface area (Å²) in [5.74, 6) is -0.680. The van der Waals surface area contributed by atoms with E-state index < -0.39 is 38.0 Å². The Kier molecular flexibility index (Phi) is 4.25. The van der Waals surface area contributed by atoms with Crippen LogP contribution in [0.25, 0.3) is 0 Å². The van der Waals surface area contributed by atoms with E-state index in [0.29, 0.717) is 6.20 Å². The van der Waals surface area contributed by atoms with E-state index in [-0.39, 0.29) is 5.69 Å². The van der Waals surface area contributed by atoms with Crippen molar-refractivity contribution in [2.24, 2.45) is 0 Å². The Bertz CT molecular complexity index is 811. The molecule has 0 fully saturated rings. The number of nitrogens with zero attached hydrogens (tertiary/aromatic N) is 2. The van der Waals surface area contributed by atoms with Gasteiger partial charge in [-0.25, -0.2) is 4.98 Å². The molecular weight excluding hydrogens is 350 g/mol. The third-order valence-corrected chi connectivity index (χ3v) is 3.44. The van der Waals surface area contributed by atoms with Crippen molar-refractivity contribution in [3.05, 3.63) is 41.3 Å². The van der Waals surface area contributed by atoms with E-state index >= 15 is 0 Å². The molecule has 22 heavy (non-hydrogen) atoms. The van der Waals surface area contributed by atoms with E-state index in [4.69, 9.17) is 11.6 Å². The molecule has 1 aromatic carbocycles. The average Bonchev–Trinajstić information content (AvgIpc) is 2.36. The number of alkyl halides is 3. The van der Waals surface area contributed by atoms with E-state index in [0.717, 1.165) is 18.2 Å². The molecule has 0 aliphatic heterocycles. The molecule has 0 amide bonds. The summed E-state index contributed by atoms with van der Waals surface area (Å²) < 4.78 is 73.0. The van der Waals surface area contributed by atoms with Gasteiger partial charge in [0.15, 0.2) is 0 Å². The largest absolute Gasteiger partial charge is 0.421 e. The van der Waals surface area contributed by atoms with Gasteiger partial charge in [0.2, 0.25) is 5.28 Å². The van der Waals surface area contributed by atoms with Crippen LogP contribution in [0.4, 0.5) is 28.6 Å². The lowest BCUT2D eigenvalue weighted by Gasteiger charge is -2.13. The molecule has 0 saturated heterocycles. The highest BCUT2D eigenvalue weighted by molar-refractivity contribution is 7.86. The Hall–Kier alpha value is -1.94. The van der Waals surface area contributed by atoms with Crippen LogP contribution in [0.3, 0.4) is 0 Å². The molecule has 0 aliphatic rings. The number of aromatic nitrogens is 2. The van der Waals surface area contributed by atoms with Crippen LogP contribution in [0.15, 0.2) is 35.4 Å². The highest BCUT2D eigenvalue weighted by atomic mass is 35.5. The zero-order chi connectivity index (χ0) is 16.5. The van der Waals surface area contributed by atoms with Gasteiger partial charge in [-0.2, -0.15) is 26.6 Å². The monoisotopic (exact) mass is 355 g/mol. The first-order valence-corrected chi connectivity index (χ1v) is 7.25. The van der Waals surface area contributed by atoms with E-state index in [1.807, 2.05) is 0 Å². The van der Waals surface area contributed by atoms with Crippen molar-refractivity contribution in [1.29, 1.82) is 0 Å². The first-order chi connectivity index (χ1) is 10.1. The first kappa shape index (κ1) is 16.4. The Labute approximate surface area is 127 Å². The molecule has 118 valence electrons. The predicted octanol–water partition coefficient (Wildman–Crippen LogP) is 3.55. The van der Waals surface area contributed by atoms with E-state index in [9.17, 15) is 25.5 Å². The molecule has 1 heterocycles. The maximum atomic E-state index is 12.9. The number of rotatable bonds is 3. The van der Waals surface area contributed by atoms with E-state index in [2.05, 4.69) is 15.3 Å². The molecule has 1 aromatic heterocycles. The summed E-state index contributed by atoms with van der Waals surface area (Å²) in [5.41, 5.74) is -1.32. The number of hydrogen-bond donors (Lipinski definition) is 1. The van der Waals surface area contributed by atoms with Gasteiger partial charge >= 0.3 is 16.4 Å². The lowest BCUT2D eigenvalue weighted by atomic mass is 10.2. The van der Waals surface area contributed by atoms with Crippen molar-refractivity contribution in [3.8, 4) is 0 Å². The Morgan fingerprint density at radius 2 is 1.91 bits per heavy atom. The molecule has 0 atom stereocenters. The van der Waals surface area contributed by atoms with Crippen LogP contribution >= 0.6 is 11.6 Å². The summed E-state index contributed by atoms with van der Waals surface area (Å²) in [5, 5.41) is 1.81. The second kappa shape index (κ2) is 5.69. The molecule has 0 radical (unpaired) electrons. The summed E-state index contributed by atoms with van der Waals surface area (Å²) in [4.78, 5) is 5.95. The highest BCUT2D eigenvalue weighted by Crippen LogP contribution is 2.35. The van der Waals surface area contributed by atoms with Crippen molar-refractivity contribution >= 4 is 33.3 Å². The van der Waals surface area contributed by atoms with Crippen molar-refractivity contribution < 1.29 is 25.5 Å². The fourth-order valence-electron chi connectivity index (χ4n) is 1.53. The predicted molar refractivity (Wildman–Crippen MR) is 70.1 cm³/mol. The van der Waals surface area contributed by atoms with Crippen LogP contribution in [0, 0.1) is 0 Å². The zero-order valence-electron chi connectivity index (χ0n) is 10.4. The van der Waals surface area contributed by atoms with Crippen LogP contribution in [-0.2, 0) is 16.4 Å². The fraction of sp³-hybridized carbons (Fsp3) is 0.0909. The van der Waals surface area contributed by atoms with Crippen molar-refractivity contribution in [1.82, 2.24) is 9.97 Å². The molecule has 1 N–H and O–H groups in total. The normalized spacial score (nSPS) is 12.2. The Morgan fingerprint density at radius 1 is 1.23 bits per heavy atom. The first-order valence-electron chi connectivity index (χ1n) is 5.49. The Balaban J connectivity index is 2.46. The van der Waals surface area contributed by atoms with Crippen LogP contribution in [0.1, 0.15) is 5.56 Å². The minimum absolute atomic E-state index is 0.112. The maximum absolute atomic E-state index is 12.9. The number of anilines is 2. The average molecular weight is 356 g/mol. The number of benzene rings is 1. The second-order valence-electron chi connectivity index (χ2n) is 3.99.